The minimum atomic E-state index is -0.139. The Hall–Kier alpha value is -5.20. The number of rotatable bonds is 12. The molecule has 2 aromatic heterocycles. The summed E-state index contributed by atoms with van der Waals surface area (Å²) in [5, 5.41) is 25.2. The fraction of sp³-hybridized carbons (Fsp3) is 0.143. The molecule has 0 aliphatic rings. The van der Waals surface area contributed by atoms with Gasteiger partial charge in [-0.25, -0.2) is 0 Å². The summed E-state index contributed by atoms with van der Waals surface area (Å²) >= 11 is 2.63. The van der Waals surface area contributed by atoms with Crippen molar-refractivity contribution >= 4 is 46.7 Å². The van der Waals surface area contributed by atoms with Crippen molar-refractivity contribution in [1.82, 2.24) is 29.5 Å². The molecule has 0 spiro atoms. The molecule has 6 rings (SSSR count). The molecule has 0 radical (unpaired) electrons. The van der Waals surface area contributed by atoms with Gasteiger partial charge in [-0.3, -0.25) is 18.7 Å². The van der Waals surface area contributed by atoms with E-state index in [-0.39, 0.29) is 23.3 Å². The van der Waals surface area contributed by atoms with Crippen molar-refractivity contribution in [3.63, 3.8) is 0 Å². The van der Waals surface area contributed by atoms with Gasteiger partial charge in [-0.2, -0.15) is 0 Å². The summed E-state index contributed by atoms with van der Waals surface area (Å²) in [5.74, 6) is 1.32. The molecule has 0 bridgehead atoms. The number of para-hydroxylation sites is 4. The van der Waals surface area contributed by atoms with Gasteiger partial charge >= 0.3 is 0 Å². The molecule has 12 heteroatoms. The molecule has 0 atom stereocenters. The number of aryl methyl sites for hydroxylation is 2. The van der Waals surface area contributed by atoms with E-state index in [1.54, 1.807) is 0 Å². The molecule has 6 aromatic rings. The maximum Gasteiger partial charge on any atom is 0.234 e. The van der Waals surface area contributed by atoms with Gasteiger partial charge in [0, 0.05) is 11.4 Å². The molecule has 2 heterocycles. The second kappa shape index (κ2) is 14.9. The van der Waals surface area contributed by atoms with E-state index in [9.17, 15) is 9.59 Å². The summed E-state index contributed by atoms with van der Waals surface area (Å²) in [7, 11) is 0. The number of thioether (sulfide) groups is 2. The molecule has 10 nitrogen and oxygen atoms in total. The van der Waals surface area contributed by atoms with E-state index in [2.05, 4.69) is 31.0 Å². The number of aromatic nitrogens is 6. The van der Waals surface area contributed by atoms with Crippen LogP contribution in [0.15, 0.2) is 120 Å². The van der Waals surface area contributed by atoms with Gasteiger partial charge in [-0.1, -0.05) is 96.3 Å². The minimum Gasteiger partial charge on any atom is -0.325 e. The number of carbonyl (C=O) groups excluding carboxylic acids is 2. The van der Waals surface area contributed by atoms with Crippen molar-refractivity contribution in [2.75, 3.05) is 22.1 Å². The Morgan fingerprint density at radius 1 is 0.553 bits per heavy atom. The SMILES string of the molecule is Cc1ccccc1-n1c(Cc2nnc(SCC(=O)Nc3ccccc3)n2-c2ccccc2C)nnc1SCC(=O)Nc1ccccc1. The number of nitrogens with one attached hydrogen (secondary N) is 2. The average molecular weight is 661 g/mol. The summed E-state index contributed by atoms with van der Waals surface area (Å²) in [4.78, 5) is 25.6. The van der Waals surface area contributed by atoms with E-state index >= 15 is 0 Å². The van der Waals surface area contributed by atoms with E-state index in [0.717, 1.165) is 33.9 Å². The lowest BCUT2D eigenvalue weighted by molar-refractivity contribution is -0.114. The Bertz CT molecular complexity index is 1850. The highest BCUT2D eigenvalue weighted by molar-refractivity contribution is 8.00. The third-order valence-electron chi connectivity index (χ3n) is 7.21. The fourth-order valence-electron chi connectivity index (χ4n) is 4.97. The maximum atomic E-state index is 12.8. The highest BCUT2D eigenvalue weighted by atomic mass is 32.2. The Morgan fingerprint density at radius 2 is 0.936 bits per heavy atom. The maximum absolute atomic E-state index is 12.8. The molecule has 2 N–H and O–H groups in total. The first-order valence-corrected chi connectivity index (χ1v) is 16.9. The Balaban J connectivity index is 1.29. The summed E-state index contributed by atoms with van der Waals surface area (Å²) < 4.78 is 3.96. The van der Waals surface area contributed by atoms with Crippen molar-refractivity contribution < 1.29 is 9.59 Å². The largest absolute Gasteiger partial charge is 0.325 e. The molecule has 236 valence electrons. The van der Waals surface area contributed by atoms with Crippen LogP contribution in [0.4, 0.5) is 11.4 Å². The average Bonchev–Trinajstić information content (AvgIpc) is 3.67. The predicted octanol–water partition coefficient (Wildman–Crippen LogP) is 6.52. The van der Waals surface area contributed by atoms with E-state index < -0.39 is 0 Å². The number of hydrogen-bond acceptors (Lipinski definition) is 8. The monoisotopic (exact) mass is 660 g/mol. The summed E-state index contributed by atoms with van der Waals surface area (Å²) in [6.07, 6.45) is 0.302. The van der Waals surface area contributed by atoms with Crippen LogP contribution in [0.1, 0.15) is 22.8 Å². The van der Waals surface area contributed by atoms with Gasteiger partial charge in [0.25, 0.3) is 0 Å². The van der Waals surface area contributed by atoms with Gasteiger partial charge in [-0.05, 0) is 61.4 Å². The summed E-state index contributed by atoms with van der Waals surface area (Å²) in [6, 6.07) is 34.7. The van der Waals surface area contributed by atoms with Crippen LogP contribution in [0, 0.1) is 13.8 Å². The second-order valence-electron chi connectivity index (χ2n) is 10.6. The van der Waals surface area contributed by atoms with Crippen LogP contribution in [0.25, 0.3) is 11.4 Å². The van der Waals surface area contributed by atoms with Crippen LogP contribution in [0.3, 0.4) is 0 Å². The van der Waals surface area contributed by atoms with Crippen LogP contribution in [-0.4, -0.2) is 52.8 Å². The topological polar surface area (TPSA) is 120 Å². The van der Waals surface area contributed by atoms with Crippen molar-refractivity contribution in [1.29, 1.82) is 0 Å². The van der Waals surface area contributed by atoms with Crippen LogP contribution in [0.5, 0.6) is 0 Å². The second-order valence-corrected chi connectivity index (χ2v) is 12.5. The smallest absolute Gasteiger partial charge is 0.234 e. The fourth-order valence-corrected chi connectivity index (χ4v) is 6.50. The normalized spacial score (nSPS) is 10.9. The molecule has 47 heavy (non-hydrogen) atoms. The lowest BCUT2D eigenvalue weighted by atomic mass is 10.2. The molecule has 0 saturated heterocycles. The summed E-state index contributed by atoms with van der Waals surface area (Å²) in [5.41, 5.74) is 5.36. The standard InChI is InChI=1S/C35H32N8O2S2/c1-24-13-9-11-19-28(24)42-30(38-40-34(42)46-22-32(44)36-26-15-5-3-6-16-26)21-31-39-41-35(43(31)29-20-12-10-14-25(29)2)47-23-33(45)37-27-17-7-4-8-18-27/h3-20H,21-23H2,1-2H3,(H,36,44)(H,37,45). The zero-order valence-corrected chi connectivity index (χ0v) is 27.5. The molecule has 0 fully saturated rings. The van der Waals surface area contributed by atoms with Gasteiger partial charge < -0.3 is 10.6 Å². The zero-order chi connectivity index (χ0) is 32.6. The quantitative estimate of drug-likeness (QED) is 0.143. The lowest BCUT2D eigenvalue weighted by Gasteiger charge is -2.15. The van der Waals surface area contributed by atoms with Gasteiger partial charge in [-0.15, -0.1) is 20.4 Å². The van der Waals surface area contributed by atoms with Crippen molar-refractivity contribution in [3.8, 4) is 11.4 Å². The number of amides is 2. The predicted molar refractivity (Wildman–Crippen MR) is 187 cm³/mol. The van der Waals surface area contributed by atoms with Gasteiger partial charge in [0.2, 0.25) is 11.8 Å². The Kier molecular flexibility index (Phi) is 10.1. The Labute approximate surface area is 281 Å². The van der Waals surface area contributed by atoms with Crippen LogP contribution in [-0.2, 0) is 16.0 Å². The van der Waals surface area contributed by atoms with Crippen molar-refractivity contribution in [2.45, 2.75) is 30.6 Å². The molecule has 2 amide bonds. The van der Waals surface area contributed by atoms with Crippen molar-refractivity contribution in [3.05, 3.63) is 132 Å². The van der Waals surface area contributed by atoms with E-state index in [1.165, 1.54) is 23.5 Å². The Morgan fingerprint density at radius 3 is 1.34 bits per heavy atom. The first-order valence-electron chi connectivity index (χ1n) is 14.9. The molecular formula is C35H32N8O2S2. The third kappa shape index (κ3) is 7.79. The molecular weight excluding hydrogens is 629 g/mol. The number of nitrogens with zero attached hydrogens (tertiary/aromatic N) is 6. The number of hydrogen-bond donors (Lipinski definition) is 2. The zero-order valence-electron chi connectivity index (χ0n) is 25.8. The number of carbonyl (C=O) groups is 2. The minimum absolute atomic E-state index is 0.139. The first-order chi connectivity index (χ1) is 23.0. The van der Waals surface area contributed by atoms with Gasteiger partial charge in [0.05, 0.1) is 29.3 Å². The molecule has 0 aliphatic heterocycles. The van der Waals surface area contributed by atoms with E-state index in [0.29, 0.717) is 28.4 Å². The van der Waals surface area contributed by atoms with Crippen LogP contribution >= 0.6 is 23.5 Å². The van der Waals surface area contributed by atoms with Crippen LogP contribution in [0.2, 0.25) is 0 Å². The summed E-state index contributed by atoms with van der Waals surface area (Å²) in [6.45, 7) is 4.06. The van der Waals surface area contributed by atoms with Gasteiger partial charge in [0.15, 0.2) is 10.3 Å². The molecule has 0 unspecified atom stereocenters. The van der Waals surface area contributed by atoms with E-state index in [1.807, 2.05) is 132 Å². The first kappa shape index (κ1) is 31.8. The number of benzene rings is 4. The highest BCUT2D eigenvalue weighted by Gasteiger charge is 2.23. The molecule has 4 aromatic carbocycles. The van der Waals surface area contributed by atoms with Crippen LogP contribution < -0.4 is 10.6 Å². The molecule has 0 aliphatic carbocycles. The van der Waals surface area contributed by atoms with E-state index in [4.69, 9.17) is 0 Å². The van der Waals surface area contributed by atoms with Gasteiger partial charge in [0.1, 0.15) is 11.6 Å². The lowest BCUT2D eigenvalue weighted by Crippen LogP contribution is -2.15. The van der Waals surface area contributed by atoms with Crippen molar-refractivity contribution in [2.24, 2.45) is 0 Å². The number of anilines is 2. The highest BCUT2D eigenvalue weighted by Crippen LogP contribution is 2.29. The molecule has 0 saturated carbocycles. The third-order valence-corrected chi connectivity index (χ3v) is 9.07.